The van der Waals surface area contributed by atoms with Gasteiger partial charge in [-0.2, -0.15) is 0 Å². The van der Waals surface area contributed by atoms with Gasteiger partial charge >= 0.3 is 0 Å². The van der Waals surface area contributed by atoms with Crippen LogP contribution in [0.3, 0.4) is 0 Å². The van der Waals surface area contributed by atoms with Crippen LogP contribution < -0.4 is 5.32 Å². The molecule has 1 fully saturated rings. The summed E-state index contributed by atoms with van der Waals surface area (Å²) in [7, 11) is 0. The number of hydrogen-bond acceptors (Lipinski definition) is 3. The number of ether oxygens (including phenoxy) is 1. The molecule has 0 radical (unpaired) electrons. The van der Waals surface area contributed by atoms with Gasteiger partial charge in [-0.1, -0.05) is 6.07 Å². The topological polar surface area (TPSA) is 34.2 Å². The molecule has 0 unspecified atom stereocenters. The Kier molecular flexibility index (Phi) is 3.42. The number of anilines is 1. The molecular formula is C15H18N2O. The molecule has 3 heteroatoms. The van der Waals surface area contributed by atoms with Crippen molar-refractivity contribution in [3.05, 3.63) is 36.5 Å². The van der Waals surface area contributed by atoms with Crippen molar-refractivity contribution in [3.8, 4) is 0 Å². The lowest BCUT2D eigenvalue weighted by Gasteiger charge is -2.22. The van der Waals surface area contributed by atoms with Crippen molar-refractivity contribution in [2.75, 3.05) is 25.1 Å². The second-order valence-corrected chi connectivity index (χ2v) is 4.85. The van der Waals surface area contributed by atoms with Crippen LogP contribution in [-0.2, 0) is 4.74 Å². The Morgan fingerprint density at radius 2 is 2.11 bits per heavy atom. The van der Waals surface area contributed by atoms with Crippen LogP contribution in [0.2, 0.25) is 0 Å². The first-order chi connectivity index (χ1) is 8.92. The van der Waals surface area contributed by atoms with E-state index in [1.165, 1.54) is 23.9 Å². The molecule has 94 valence electrons. The number of aromatic nitrogens is 1. The zero-order valence-electron chi connectivity index (χ0n) is 10.4. The quantitative estimate of drug-likeness (QED) is 0.898. The highest BCUT2D eigenvalue weighted by molar-refractivity contribution is 5.82. The van der Waals surface area contributed by atoms with E-state index in [4.69, 9.17) is 4.74 Å². The number of benzene rings is 1. The van der Waals surface area contributed by atoms with Gasteiger partial charge in [0, 0.05) is 37.0 Å². The van der Waals surface area contributed by atoms with Crippen molar-refractivity contribution in [2.24, 2.45) is 5.92 Å². The molecule has 18 heavy (non-hydrogen) atoms. The molecule has 3 rings (SSSR count). The Hall–Kier alpha value is -1.61. The van der Waals surface area contributed by atoms with E-state index in [-0.39, 0.29) is 0 Å². The van der Waals surface area contributed by atoms with Crippen molar-refractivity contribution >= 4 is 16.6 Å². The molecule has 2 heterocycles. The Morgan fingerprint density at radius 1 is 1.22 bits per heavy atom. The fourth-order valence-corrected chi connectivity index (χ4v) is 2.40. The Balaban J connectivity index is 1.66. The van der Waals surface area contributed by atoms with Gasteiger partial charge in [0.1, 0.15) is 0 Å². The maximum Gasteiger partial charge on any atom is 0.0703 e. The van der Waals surface area contributed by atoms with Crippen molar-refractivity contribution in [3.63, 3.8) is 0 Å². The zero-order chi connectivity index (χ0) is 12.2. The standard InChI is InChI=1S/C15H18N2O/c1-2-13-10-14(3-4-15(13)16-7-1)17-11-12-5-8-18-9-6-12/h1-4,7,10,12,17H,5-6,8-9,11H2. The highest BCUT2D eigenvalue weighted by Gasteiger charge is 2.13. The average Bonchev–Trinajstić information content (AvgIpc) is 2.46. The Labute approximate surface area is 107 Å². The monoisotopic (exact) mass is 242 g/mol. The van der Waals surface area contributed by atoms with Crippen LogP contribution in [0.4, 0.5) is 5.69 Å². The summed E-state index contributed by atoms with van der Waals surface area (Å²) in [6.45, 7) is 2.86. The SMILES string of the molecule is c1cnc2ccc(NCC3CCOCC3)cc2c1. The molecule has 1 aromatic carbocycles. The third-order valence-corrected chi connectivity index (χ3v) is 3.54. The molecule has 0 bridgehead atoms. The first-order valence-electron chi connectivity index (χ1n) is 6.58. The molecule has 3 nitrogen and oxygen atoms in total. The highest BCUT2D eigenvalue weighted by atomic mass is 16.5. The van der Waals surface area contributed by atoms with E-state index in [0.717, 1.165) is 31.2 Å². The van der Waals surface area contributed by atoms with Crippen LogP contribution in [-0.4, -0.2) is 24.7 Å². The van der Waals surface area contributed by atoms with E-state index in [9.17, 15) is 0 Å². The number of hydrogen-bond donors (Lipinski definition) is 1. The average molecular weight is 242 g/mol. The van der Waals surface area contributed by atoms with E-state index in [1.807, 2.05) is 12.3 Å². The predicted octanol–water partition coefficient (Wildman–Crippen LogP) is 3.07. The second-order valence-electron chi connectivity index (χ2n) is 4.85. The fraction of sp³-hybridized carbons (Fsp3) is 0.400. The Bertz CT molecular complexity index is 521. The van der Waals surface area contributed by atoms with Gasteiger partial charge in [-0.3, -0.25) is 4.98 Å². The largest absolute Gasteiger partial charge is 0.385 e. The van der Waals surface area contributed by atoms with Crippen molar-refractivity contribution in [1.29, 1.82) is 0 Å². The van der Waals surface area contributed by atoms with E-state index in [2.05, 4.69) is 34.6 Å². The summed E-state index contributed by atoms with van der Waals surface area (Å²) >= 11 is 0. The third kappa shape index (κ3) is 2.62. The maximum atomic E-state index is 5.37. The molecule has 0 amide bonds. The smallest absolute Gasteiger partial charge is 0.0703 e. The van der Waals surface area contributed by atoms with Gasteiger partial charge in [-0.15, -0.1) is 0 Å². The minimum Gasteiger partial charge on any atom is -0.385 e. The summed E-state index contributed by atoms with van der Waals surface area (Å²) in [5.74, 6) is 0.739. The van der Waals surface area contributed by atoms with E-state index in [0.29, 0.717) is 0 Å². The van der Waals surface area contributed by atoms with Gasteiger partial charge in [-0.05, 0) is 43.0 Å². The van der Waals surface area contributed by atoms with Gasteiger partial charge in [0.2, 0.25) is 0 Å². The molecule has 1 aliphatic rings. The number of nitrogens with one attached hydrogen (secondary N) is 1. The molecule has 1 aromatic heterocycles. The summed E-state index contributed by atoms with van der Waals surface area (Å²) in [5, 5.41) is 4.71. The summed E-state index contributed by atoms with van der Waals surface area (Å²) < 4.78 is 5.37. The lowest BCUT2D eigenvalue weighted by Crippen LogP contribution is -2.22. The third-order valence-electron chi connectivity index (χ3n) is 3.54. The van der Waals surface area contributed by atoms with Gasteiger partial charge in [0.25, 0.3) is 0 Å². The maximum absolute atomic E-state index is 5.37. The van der Waals surface area contributed by atoms with Crippen LogP contribution in [0, 0.1) is 5.92 Å². The van der Waals surface area contributed by atoms with Crippen LogP contribution in [0.1, 0.15) is 12.8 Å². The minimum absolute atomic E-state index is 0.739. The molecule has 0 aliphatic carbocycles. The summed E-state index contributed by atoms with van der Waals surface area (Å²) in [6.07, 6.45) is 4.17. The normalized spacial score (nSPS) is 16.9. The first kappa shape index (κ1) is 11.5. The van der Waals surface area contributed by atoms with E-state index in [1.54, 1.807) is 0 Å². The lowest BCUT2D eigenvalue weighted by atomic mass is 10.0. The van der Waals surface area contributed by atoms with Crippen LogP contribution >= 0.6 is 0 Å². The minimum atomic E-state index is 0.739. The number of nitrogens with zero attached hydrogens (tertiary/aromatic N) is 1. The first-order valence-corrected chi connectivity index (χ1v) is 6.58. The fourth-order valence-electron chi connectivity index (χ4n) is 2.40. The van der Waals surface area contributed by atoms with Crippen LogP contribution in [0.25, 0.3) is 10.9 Å². The van der Waals surface area contributed by atoms with Crippen molar-refractivity contribution in [2.45, 2.75) is 12.8 Å². The lowest BCUT2D eigenvalue weighted by molar-refractivity contribution is 0.0699. The molecule has 2 aromatic rings. The summed E-state index contributed by atoms with van der Waals surface area (Å²) in [6, 6.07) is 10.4. The van der Waals surface area contributed by atoms with E-state index < -0.39 is 0 Å². The van der Waals surface area contributed by atoms with Gasteiger partial charge in [-0.25, -0.2) is 0 Å². The number of rotatable bonds is 3. The molecule has 1 aliphatic heterocycles. The molecule has 0 spiro atoms. The zero-order valence-corrected chi connectivity index (χ0v) is 10.4. The van der Waals surface area contributed by atoms with Crippen LogP contribution in [0.15, 0.2) is 36.5 Å². The summed E-state index contributed by atoms with van der Waals surface area (Å²) in [4.78, 5) is 4.33. The number of pyridine rings is 1. The molecule has 0 saturated carbocycles. The van der Waals surface area contributed by atoms with E-state index >= 15 is 0 Å². The molecule has 0 atom stereocenters. The molecule has 1 N–H and O–H groups in total. The van der Waals surface area contributed by atoms with Crippen molar-refractivity contribution in [1.82, 2.24) is 4.98 Å². The van der Waals surface area contributed by atoms with Crippen LogP contribution in [0.5, 0.6) is 0 Å². The van der Waals surface area contributed by atoms with Gasteiger partial charge < -0.3 is 10.1 Å². The second kappa shape index (κ2) is 5.36. The van der Waals surface area contributed by atoms with Gasteiger partial charge in [0.15, 0.2) is 0 Å². The predicted molar refractivity (Wildman–Crippen MR) is 73.8 cm³/mol. The summed E-state index contributed by atoms with van der Waals surface area (Å²) in [5.41, 5.74) is 2.23. The highest BCUT2D eigenvalue weighted by Crippen LogP contribution is 2.19. The molecular weight excluding hydrogens is 224 g/mol. The van der Waals surface area contributed by atoms with Crippen molar-refractivity contribution < 1.29 is 4.74 Å². The Morgan fingerprint density at radius 3 is 3.00 bits per heavy atom. The molecule has 1 saturated heterocycles. The van der Waals surface area contributed by atoms with Gasteiger partial charge in [0.05, 0.1) is 5.52 Å². The number of fused-ring (bicyclic) bond motifs is 1.